The van der Waals surface area contributed by atoms with Crippen molar-refractivity contribution >= 4 is 38.9 Å². The quantitative estimate of drug-likeness (QED) is 0.626. The van der Waals surface area contributed by atoms with E-state index in [-0.39, 0.29) is 0 Å². The van der Waals surface area contributed by atoms with E-state index >= 15 is 0 Å². The Hall–Kier alpha value is -1.40. The summed E-state index contributed by atoms with van der Waals surface area (Å²) in [5, 5.41) is 7.18. The van der Waals surface area contributed by atoms with Gasteiger partial charge in [-0.05, 0) is 55.7 Å². The molecule has 0 aliphatic heterocycles. The number of halogens is 1. The van der Waals surface area contributed by atoms with Crippen molar-refractivity contribution in [3.63, 3.8) is 0 Å². The van der Waals surface area contributed by atoms with Crippen molar-refractivity contribution in [3.8, 4) is 0 Å². The van der Waals surface area contributed by atoms with Crippen LogP contribution in [-0.2, 0) is 6.54 Å². The van der Waals surface area contributed by atoms with Crippen LogP contribution in [0.1, 0.15) is 17.5 Å². The Morgan fingerprint density at radius 1 is 1.33 bits per heavy atom. The van der Waals surface area contributed by atoms with Crippen molar-refractivity contribution in [3.05, 3.63) is 46.5 Å². The van der Waals surface area contributed by atoms with Crippen LogP contribution in [0.2, 0.25) is 0 Å². The van der Waals surface area contributed by atoms with Gasteiger partial charge >= 0.3 is 0 Å². The Labute approximate surface area is 139 Å². The van der Waals surface area contributed by atoms with Crippen LogP contribution >= 0.6 is 28.1 Å². The topological polar surface area (TPSA) is 41.9 Å². The number of anilines is 1. The summed E-state index contributed by atoms with van der Waals surface area (Å²) in [5.74, 6) is 0. The van der Waals surface area contributed by atoms with Crippen LogP contribution in [0.15, 0.2) is 35.3 Å². The number of benzene rings is 1. The van der Waals surface area contributed by atoms with Gasteiger partial charge in [0.1, 0.15) is 0 Å². The van der Waals surface area contributed by atoms with E-state index in [1.807, 2.05) is 12.5 Å². The predicted molar refractivity (Wildman–Crippen MR) is 94.7 cm³/mol. The smallest absolute Gasteiger partial charge is 0.170 e. The summed E-state index contributed by atoms with van der Waals surface area (Å²) < 4.78 is 3.14. The van der Waals surface area contributed by atoms with Gasteiger partial charge in [0, 0.05) is 35.6 Å². The summed E-state index contributed by atoms with van der Waals surface area (Å²) in [6.07, 6.45) is 6.57. The van der Waals surface area contributed by atoms with E-state index in [1.54, 1.807) is 6.20 Å². The number of aryl methyl sites for hydroxylation is 3. The van der Waals surface area contributed by atoms with E-state index in [4.69, 9.17) is 12.2 Å². The molecule has 6 heteroatoms. The fourth-order valence-corrected chi connectivity index (χ4v) is 3.04. The molecular formula is C15H19BrN4S. The van der Waals surface area contributed by atoms with Gasteiger partial charge < -0.3 is 15.2 Å². The normalized spacial score (nSPS) is 10.4. The van der Waals surface area contributed by atoms with Gasteiger partial charge in [-0.1, -0.05) is 15.9 Å². The third-order valence-corrected chi connectivity index (χ3v) is 3.88. The average molecular weight is 367 g/mol. The molecule has 2 N–H and O–H groups in total. The van der Waals surface area contributed by atoms with Crippen molar-refractivity contribution in [2.45, 2.75) is 26.8 Å². The number of nitrogens with zero attached hydrogens (tertiary/aromatic N) is 2. The Kier molecular flexibility index (Phi) is 5.76. The van der Waals surface area contributed by atoms with Crippen molar-refractivity contribution in [1.29, 1.82) is 0 Å². The highest BCUT2D eigenvalue weighted by Crippen LogP contribution is 2.24. The van der Waals surface area contributed by atoms with Crippen molar-refractivity contribution in [1.82, 2.24) is 14.9 Å². The summed E-state index contributed by atoms with van der Waals surface area (Å²) in [7, 11) is 0. The largest absolute Gasteiger partial charge is 0.362 e. The summed E-state index contributed by atoms with van der Waals surface area (Å²) in [4.78, 5) is 4.02. The molecule has 1 aromatic heterocycles. The highest BCUT2D eigenvalue weighted by molar-refractivity contribution is 9.10. The molecule has 0 aliphatic rings. The van der Waals surface area contributed by atoms with Gasteiger partial charge in [0.25, 0.3) is 0 Å². The molecule has 0 aliphatic carbocycles. The number of thiocarbonyl (C=S) groups is 1. The van der Waals surface area contributed by atoms with E-state index in [0.717, 1.165) is 29.7 Å². The van der Waals surface area contributed by atoms with E-state index in [0.29, 0.717) is 5.11 Å². The molecule has 2 aromatic rings. The minimum absolute atomic E-state index is 0.661. The molecule has 0 amide bonds. The third-order valence-electron chi connectivity index (χ3n) is 3.17. The van der Waals surface area contributed by atoms with Crippen LogP contribution in [0.4, 0.5) is 5.69 Å². The zero-order chi connectivity index (χ0) is 15.2. The summed E-state index contributed by atoms with van der Waals surface area (Å²) in [6, 6.07) is 4.16. The molecular weight excluding hydrogens is 348 g/mol. The SMILES string of the molecule is Cc1cc(Br)cc(C)c1NC(=S)NCCCn1ccnc1. The Morgan fingerprint density at radius 2 is 2.05 bits per heavy atom. The Morgan fingerprint density at radius 3 is 2.67 bits per heavy atom. The van der Waals surface area contributed by atoms with Crippen LogP contribution in [-0.4, -0.2) is 21.2 Å². The fourth-order valence-electron chi connectivity index (χ4n) is 2.15. The molecule has 21 heavy (non-hydrogen) atoms. The van der Waals surface area contributed by atoms with Gasteiger partial charge in [-0.25, -0.2) is 4.98 Å². The van der Waals surface area contributed by atoms with Gasteiger partial charge in [-0.15, -0.1) is 0 Å². The first-order chi connectivity index (χ1) is 10.1. The lowest BCUT2D eigenvalue weighted by Gasteiger charge is -2.15. The van der Waals surface area contributed by atoms with Crippen LogP contribution < -0.4 is 10.6 Å². The fraction of sp³-hybridized carbons (Fsp3) is 0.333. The maximum Gasteiger partial charge on any atom is 0.170 e. The predicted octanol–water partition coefficient (Wildman–Crippen LogP) is 3.64. The van der Waals surface area contributed by atoms with Crippen LogP contribution in [0.5, 0.6) is 0 Å². The molecule has 0 spiro atoms. The zero-order valence-corrected chi connectivity index (χ0v) is 14.6. The zero-order valence-electron chi connectivity index (χ0n) is 12.2. The molecule has 1 aromatic carbocycles. The first-order valence-corrected chi connectivity index (χ1v) is 8.03. The molecule has 0 radical (unpaired) electrons. The second kappa shape index (κ2) is 7.56. The monoisotopic (exact) mass is 366 g/mol. The lowest BCUT2D eigenvalue weighted by molar-refractivity contribution is 0.632. The van der Waals surface area contributed by atoms with E-state index in [1.165, 1.54) is 11.1 Å². The molecule has 0 fully saturated rings. The van der Waals surface area contributed by atoms with Crippen molar-refractivity contribution in [2.24, 2.45) is 0 Å². The average Bonchev–Trinajstić information content (AvgIpc) is 2.92. The third kappa shape index (κ3) is 4.82. The van der Waals surface area contributed by atoms with Crippen molar-refractivity contribution in [2.75, 3.05) is 11.9 Å². The second-order valence-corrected chi connectivity index (χ2v) is 6.27. The molecule has 0 saturated heterocycles. The maximum atomic E-state index is 5.35. The highest BCUT2D eigenvalue weighted by Gasteiger charge is 2.05. The number of aromatic nitrogens is 2. The van der Waals surface area contributed by atoms with Gasteiger partial charge in [-0.2, -0.15) is 0 Å². The molecule has 0 unspecified atom stereocenters. The Balaban J connectivity index is 1.79. The van der Waals surface area contributed by atoms with Gasteiger partial charge in [0.2, 0.25) is 0 Å². The minimum atomic E-state index is 0.661. The first-order valence-electron chi connectivity index (χ1n) is 6.83. The van der Waals surface area contributed by atoms with E-state index < -0.39 is 0 Å². The van der Waals surface area contributed by atoms with Crippen LogP contribution in [0.25, 0.3) is 0 Å². The van der Waals surface area contributed by atoms with Gasteiger partial charge in [0.15, 0.2) is 5.11 Å². The lowest BCUT2D eigenvalue weighted by atomic mass is 10.1. The highest BCUT2D eigenvalue weighted by atomic mass is 79.9. The second-order valence-electron chi connectivity index (χ2n) is 4.95. The van der Waals surface area contributed by atoms with Gasteiger partial charge in [0.05, 0.1) is 6.33 Å². The number of rotatable bonds is 5. The van der Waals surface area contributed by atoms with Gasteiger partial charge in [-0.3, -0.25) is 0 Å². The number of hydrogen-bond acceptors (Lipinski definition) is 2. The number of nitrogens with one attached hydrogen (secondary N) is 2. The molecule has 2 rings (SSSR count). The molecule has 0 bridgehead atoms. The maximum absolute atomic E-state index is 5.35. The molecule has 112 valence electrons. The van der Waals surface area contributed by atoms with Crippen LogP contribution in [0.3, 0.4) is 0 Å². The summed E-state index contributed by atoms with van der Waals surface area (Å²) >= 11 is 8.85. The molecule has 0 saturated carbocycles. The molecule has 0 atom stereocenters. The molecule has 4 nitrogen and oxygen atoms in total. The summed E-state index contributed by atoms with van der Waals surface area (Å²) in [6.45, 7) is 5.91. The Bertz CT molecular complexity index is 587. The standard InChI is InChI=1S/C15H19BrN4S/c1-11-8-13(16)9-12(2)14(11)19-15(21)18-4-3-6-20-7-5-17-10-20/h5,7-10H,3-4,6H2,1-2H3,(H2,18,19,21). The van der Waals surface area contributed by atoms with E-state index in [9.17, 15) is 0 Å². The lowest BCUT2D eigenvalue weighted by Crippen LogP contribution is -2.30. The van der Waals surface area contributed by atoms with Crippen molar-refractivity contribution < 1.29 is 0 Å². The van der Waals surface area contributed by atoms with E-state index in [2.05, 4.69) is 62.1 Å². The number of imidazole rings is 1. The first kappa shape index (κ1) is 16.0. The minimum Gasteiger partial charge on any atom is -0.362 e. The van der Waals surface area contributed by atoms with Crippen LogP contribution in [0, 0.1) is 13.8 Å². The number of hydrogen-bond donors (Lipinski definition) is 2. The molecule has 1 heterocycles. The summed E-state index contributed by atoms with van der Waals surface area (Å²) in [5.41, 5.74) is 3.42.